The summed E-state index contributed by atoms with van der Waals surface area (Å²) in [4.78, 5) is 29.5. The molecule has 0 radical (unpaired) electrons. The fourth-order valence-corrected chi connectivity index (χ4v) is 4.74. The molecule has 0 bridgehead atoms. The number of amides is 2. The lowest BCUT2D eigenvalue weighted by Crippen LogP contribution is -2.38. The van der Waals surface area contributed by atoms with Gasteiger partial charge in [-0.25, -0.2) is 0 Å². The molecule has 3 aromatic carbocycles. The summed E-state index contributed by atoms with van der Waals surface area (Å²) in [5.74, 6) is 1.28. The van der Waals surface area contributed by atoms with Crippen LogP contribution in [0.1, 0.15) is 18.1 Å². The maximum Gasteiger partial charge on any atom is 0.257 e. The lowest BCUT2D eigenvalue weighted by atomic mass is 9.98. The predicted molar refractivity (Wildman–Crippen MR) is 154 cm³/mol. The number of H-pyrrole nitrogens is 1. The first kappa shape index (κ1) is 27.7. The lowest BCUT2D eigenvalue weighted by Gasteiger charge is -2.25. The largest absolute Gasteiger partial charge is 0.496 e. The van der Waals surface area contributed by atoms with Gasteiger partial charge in [0.1, 0.15) is 11.5 Å². The number of fused-ring (bicyclic) bond motifs is 1. The van der Waals surface area contributed by atoms with E-state index in [4.69, 9.17) is 9.47 Å². The molecule has 0 aliphatic heterocycles. The quantitative estimate of drug-likeness (QED) is 0.235. The van der Waals surface area contributed by atoms with Gasteiger partial charge >= 0.3 is 0 Å². The van der Waals surface area contributed by atoms with Gasteiger partial charge < -0.3 is 30.0 Å². The van der Waals surface area contributed by atoms with Gasteiger partial charge in [-0.2, -0.15) is 0 Å². The van der Waals surface area contributed by atoms with Crippen molar-refractivity contribution in [3.05, 3.63) is 90.1 Å². The maximum absolute atomic E-state index is 12.7. The SMILES string of the molecule is COc1ccccc1CN(C)CC(CNC(=O)COc1ccc(NC(C)=O)cc1)Cc1c[nH]c2ccccc12. The standard InChI is InChI=1S/C31H36N4O4/c1-22(36)34-26-12-14-27(15-13-26)39-21-31(37)33-17-23(16-25-18-32-29-10-6-5-9-28(25)29)19-35(2)20-24-8-4-7-11-30(24)38-3/h4-15,18,23,32H,16-17,19-21H2,1-3H3,(H,33,37)(H,34,36). The highest BCUT2D eigenvalue weighted by Gasteiger charge is 2.18. The van der Waals surface area contributed by atoms with Crippen molar-refractivity contribution >= 4 is 28.4 Å². The van der Waals surface area contributed by atoms with Gasteiger partial charge in [-0.15, -0.1) is 0 Å². The molecule has 1 unspecified atom stereocenters. The summed E-state index contributed by atoms with van der Waals surface area (Å²) in [6.07, 6.45) is 2.87. The van der Waals surface area contributed by atoms with Crippen molar-refractivity contribution in [3.8, 4) is 11.5 Å². The number of anilines is 1. The van der Waals surface area contributed by atoms with E-state index in [-0.39, 0.29) is 24.3 Å². The molecule has 0 saturated heterocycles. The molecule has 39 heavy (non-hydrogen) atoms. The number of carbonyl (C=O) groups excluding carboxylic acids is 2. The molecule has 1 heterocycles. The maximum atomic E-state index is 12.7. The van der Waals surface area contributed by atoms with E-state index in [1.54, 1.807) is 31.4 Å². The molecule has 1 atom stereocenters. The fourth-order valence-electron chi connectivity index (χ4n) is 4.74. The third-order valence-electron chi connectivity index (χ3n) is 6.52. The normalized spacial score (nSPS) is 11.8. The number of nitrogens with zero attached hydrogens (tertiary/aromatic N) is 1. The average Bonchev–Trinajstić information content (AvgIpc) is 3.34. The number of carbonyl (C=O) groups is 2. The zero-order chi connectivity index (χ0) is 27.6. The minimum atomic E-state index is -0.183. The molecule has 2 amide bonds. The number of ether oxygens (including phenoxy) is 2. The Balaban J connectivity index is 1.37. The minimum absolute atomic E-state index is 0.0870. The Morgan fingerprint density at radius 3 is 2.49 bits per heavy atom. The van der Waals surface area contributed by atoms with Crippen molar-refractivity contribution in [1.29, 1.82) is 0 Å². The minimum Gasteiger partial charge on any atom is -0.496 e. The Labute approximate surface area is 229 Å². The van der Waals surface area contributed by atoms with E-state index in [1.807, 2.05) is 30.3 Å². The van der Waals surface area contributed by atoms with Crippen LogP contribution in [0.25, 0.3) is 10.9 Å². The molecule has 204 valence electrons. The second-order valence-electron chi connectivity index (χ2n) is 9.74. The highest BCUT2D eigenvalue weighted by atomic mass is 16.5. The summed E-state index contributed by atoms with van der Waals surface area (Å²) >= 11 is 0. The predicted octanol–water partition coefficient (Wildman–Crippen LogP) is 4.62. The lowest BCUT2D eigenvalue weighted by molar-refractivity contribution is -0.123. The summed E-state index contributed by atoms with van der Waals surface area (Å²) in [5, 5.41) is 6.97. The van der Waals surface area contributed by atoms with Gasteiger partial charge in [-0.1, -0.05) is 36.4 Å². The van der Waals surface area contributed by atoms with Crippen LogP contribution in [-0.4, -0.2) is 55.6 Å². The van der Waals surface area contributed by atoms with E-state index in [0.29, 0.717) is 18.0 Å². The van der Waals surface area contributed by atoms with Crippen LogP contribution in [0.2, 0.25) is 0 Å². The number of benzene rings is 3. The van der Waals surface area contributed by atoms with E-state index in [9.17, 15) is 9.59 Å². The number of hydrogen-bond donors (Lipinski definition) is 3. The van der Waals surface area contributed by atoms with Gasteiger partial charge in [-0.05, 0) is 61.3 Å². The molecule has 0 spiro atoms. The van der Waals surface area contributed by atoms with Crippen LogP contribution in [0.3, 0.4) is 0 Å². The molecular weight excluding hydrogens is 492 g/mol. The molecule has 1 aromatic heterocycles. The topological polar surface area (TPSA) is 95.7 Å². The second kappa shape index (κ2) is 13.5. The molecule has 0 fully saturated rings. The number of nitrogens with one attached hydrogen (secondary N) is 3. The van der Waals surface area contributed by atoms with Crippen molar-refractivity contribution in [2.75, 3.05) is 39.2 Å². The molecule has 3 N–H and O–H groups in total. The van der Waals surface area contributed by atoms with Crippen LogP contribution in [-0.2, 0) is 22.6 Å². The Morgan fingerprint density at radius 1 is 0.974 bits per heavy atom. The molecular formula is C31H36N4O4. The molecule has 0 aliphatic rings. The summed E-state index contributed by atoms with van der Waals surface area (Å²) in [6, 6.07) is 23.2. The monoisotopic (exact) mass is 528 g/mol. The van der Waals surface area contributed by atoms with E-state index in [0.717, 1.165) is 36.3 Å². The summed E-state index contributed by atoms with van der Waals surface area (Å²) in [5.41, 5.74) is 4.13. The van der Waals surface area contributed by atoms with Crippen LogP contribution in [0, 0.1) is 5.92 Å². The molecule has 8 heteroatoms. The second-order valence-corrected chi connectivity index (χ2v) is 9.74. The molecule has 0 saturated carbocycles. The van der Waals surface area contributed by atoms with Crippen LogP contribution in [0.5, 0.6) is 11.5 Å². The number of para-hydroxylation sites is 2. The number of aromatic amines is 1. The van der Waals surface area contributed by atoms with Crippen molar-refractivity contribution in [2.24, 2.45) is 5.92 Å². The average molecular weight is 529 g/mol. The van der Waals surface area contributed by atoms with Gasteiger partial charge in [0.15, 0.2) is 6.61 Å². The first-order valence-electron chi connectivity index (χ1n) is 13.0. The Morgan fingerprint density at radius 2 is 1.72 bits per heavy atom. The zero-order valence-corrected chi connectivity index (χ0v) is 22.7. The van der Waals surface area contributed by atoms with Gasteiger partial charge in [0.2, 0.25) is 5.91 Å². The zero-order valence-electron chi connectivity index (χ0n) is 22.7. The van der Waals surface area contributed by atoms with Crippen LogP contribution >= 0.6 is 0 Å². The number of rotatable bonds is 13. The van der Waals surface area contributed by atoms with Crippen LogP contribution < -0.4 is 20.1 Å². The van der Waals surface area contributed by atoms with Crippen molar-refractivity contribution in [3.63, 3.8) is 0 Å². The Bertz CT molecular complexity index is 1380. The van der Waals surface area contributed by atoms with Crippen molar-refractivity contribution in [1.82, 2.24) is 15.2 Å². The van der Waals surface area contributed by atoms with E-state index >= 15 is 0 Å². The smallest absolute Gasteiger partial charge is 0.257 e. The van der Waals surface area contributed by atoms with Gasteiger partial charge in [-0.3, -0.25) is 9.59 Å². The Hall–Kier alpha value is -4.30. The highest BCUT2D eigenvalue weighted by Crippen LogP contribution is 2.23. The molecule has 4 rings (SSSR count). The van der Waals surface area contributed by atoms with Gasteiger partial charge in [0.05, 0.1) is 7.11 Å². The number of methoxy groups -OCH3 is 1. The molecule has 0 aliphatic carbocycles. The van der Waals surface area contributed by atoms with Crippen LogP contribution in [0.15, 0.2) is 79.0 Å². The van der Waals surface area contributed by atoms with E-state index in [1.165, 1.54) is 17.9 Å². The van der Waals surface area contributed by atoms with Crippen LogP contribution in [0.4, 0.5) is 5.69 Å². The van der Waals surface area contributed by atoms with E-state index in [2.05, 4.69) is 52.0 Å². The Kier molecular flexibility index (Phi) is 9.58. The summed E-state index contributed by atoms with van der Waals surface area (Å²) in [7, 11) is 3.78. The third kappa shape index (κ3) is 8.09. The summed E-state index contributed by atoms with van der Waals surface area (Å²) < 4.78 is 11.2. The molecule has 4 aromatic rings. The van der Waals surface area contributed by atoms with Gasteiger partial charge in [0, 0.05) is 54.9 Å². The fraction of sp³-hybridized carbons (Fsp3) is 0.290. The van der Waals surface area contributed by atoms with Crippen molar-refractivity contribution < 1.29 is 19.1 Å². The highest BCUT2D eigenvalue weighted by molar-refractivity contribution is 5.88. The number of hydrogen-bond acceptors (Lipinski definition) is 5. The summed E-state index contributed by atoms with van der Waals surface area (Å²) in [6.45, 7) is 3.40. The third-order valence-corrected chi connectivity index (χ3v) is 6.52. The number of aromatic nitrogens is 1. The first-order valence-corrected chi connectivity index (χ1v) is 13.0. The van der Waals surface area contributed by atoms with Gasteiger partial charge in [0.25, 0.3) is 5.91 Å². The van der Waals surface area contributed by atoms with E-state index < -0.39 is 0 Å². The first-order chi connectivity index (χ1) is 18.9. The molecule has 8 nitrogen and oxygen atoms in total. The van der Waals surface area contributed by atoms with Crippen molar-refractivity contribution in [2.45, 2.75) is 19.9 Å².